The van der Waals surface area contributed by atoms with Crippen LogP contribution in [-0.4, -0.2) is 9.97 Å². The number of aromatic amines is 1. The average molecular weight is 220 g/mol. The molecule has 2 rings (SSSR count). The van der Waals surface area contributed by atoms with Gasteiger partial charge in [0.05, 0.1) is 0 Å². The molecule has 0 aliphatic heterocycles. The van der Waals surface area contributed by atoms with Gasteiger partial charge in [-0.15, -0.1) is 0 Å². The SMILES string of the molecule is Cc1cc(=O)[nH]c(CCc2ccsc2)n1. The predicted octanol–water partition coefficient (Wildman–Crippen LogP) is 1.93. The second kappa shape index (κ2) is 4.40. The van der Waals surface area contributed by atoms with Crippen LogP contribution in [0.2, 0.25) is 0 Å². The summed E-state index contributed by atoms with van der Waals surface area (Å²) in [5, 5.41) is 4.18. The Balaban J connectivity index is 2.08. The maximum absolute atomic E-state index is 11.2. The third-order valence-corrected chi connectivity index (χ3v) is 2.88. The summed E-state index contributed by atoms with van der Waals surface area (Å²) in [5.41, 5.74) is 2.01. The number of hydrogen-bond acceptors (Lipinski definition) is 3. The van der Waals surface area contributed by atoms with Crippen LogP contribution >= 0.6 is 11.3 Å². The summed E-state index contributed by atoms with van der Waals surface area (Å²) in [7, 11) is 0. The molecule has 0 saturated carbocycles. The summed E-state index contributed by atoms with van der Waals surface area (Å²) in [4.78, 5) is 18.2. The number of H-pyrrole nitrogens is 1. The minimum Gasteiger partial charge on any atom is -0.311 e. The monoisotopic (exact) mass is 220 g/mol. The number of thiophene rings is 1. The molecule has 0 bridgehead atoms. The van der Waals surface area contributed by atoms with Crippen molar-refractivity contribution in [2.45, 2.75) is 19.8 Å². The van der Waals surface area contributed by atoms with Gasteiger partial charge in [-0.2, -0.15) is 11.3 Å². The molecule has 0 unspecified atom stereocenters. The summed E-state index contributed by atoms with van der Waals surface area (Å²) in [6, 6.07) is 3.60. The third-order valence-electron chi connectivity index (χ3n) is 2.15. The first-order valence-electron chi connectivity index (χ1n) is 4.82. The molecule has 2 aromatic heterocycles. The van der Waals surface area contributed by atoms with E-state index in [2.05, 4.69) is 26.8 Å². The Hall–Kier alpha value is -1.42. The van der Waals surface area contributed by atoms with Crippen LogP contribution < -0.4 is 5.56 Å². The topological polar surface area (TPSA) is 45.8 Å². The highest BCUT2D eigenvalue weighted by Gasteiger charge is 1.99. The Morgan fingerprint density at radius 3 is 3.00 bits per heavy atom. The molecule has 15 heavy (non-hydrogen) atoms. The summed E-state index contributed by atoms with van der Waals surface area (Å²) in [5.74, 6) is 0.770. The number of rotatable bonds is 3. The van der Waals surface area contributed by atoms with Gasteiger partial charge in [0.25, 0.3) is 5.56 Å². The van der Waals surface area contributed by atoms with Crippen LogP contribution in [0.1, 0.15) is 17.1 Å². The lowest BCUT2D eigenvalue weighted by atomic mass is 10.2. The standard InChI is InChI=1S/C11H12N2OS/c1-8-6-11(14)13-10(12-8)3-2-9-4-5-15-7-9/h4-7H,2-3H2,1H3,(H,12,13,14). The molecule has 4 heteroatoms. The molecule has 0 spiro atoms. The Morgan fingerprint density at radius 2 is 2.33 bits per heavy atom. The minimum atomic E-state index is -0.0668. The van der Waals surface area contributed by atoms with Gasteiger partial charge in [0.2, 0.25) is 0 Å². The van der Waals surface area contributed by atoms with Crippen molar-refractivity contribution in [2.24, 2.45) is 0 Å². The van der Waals surface area contributed by atoms with E-state index in [9.17, 15) is 4.79 Å². The summed E-state index contributed by atoms with van der Waals surface area (Å²) in [6.07, 6.45) is 1.71. The summed E-state index contributed by atoms with van der Waals surface area (Å²) in [6.45, 7) is 1.84. The van der Waals surface area contributed by atoms with E-state index in [1.807, 2.05) is 6.92 Å². The molecule has 2 aromatic rings. The first-order valence-corrected chi connectivity index (χ1v) is 5.76. The van der Waals surface area contributed by atoms with Crippen molar-refractivity contribution < 1.29 is 0 Å². The van der Waals surface area contributed by atoms with Gasteiger partial charge in [0.15, 0.2) is 0 Å². The van der Waals surface area contributed by atoms with Crippen LogP contribution in [0, 0.1) is 6.92 Å². The number of nitrogens with one attached hydrogen (secondary N) is 1. The van der Waals surface area contributed by atoms with Crippen LogP contribution in [0.3, 0.4) is 0 Å². The van der Waals surface area contributed by atoms with E-state index in [4.69, 9.17) is 0 Å². The lowest BCUT2D eigenvalue weighted by molar-refractivity contribution is 0.837. The molecule has 0 saturated heterocycles. The number of hydrogen-bond donors (Lipinski definition) is 1. The minimum absolute atomic E-state index is 0.0668. The van der Waals surface area contributed by atoms with Gasteiger partial charge in [-0.25, -0.2) is 4.98 Å². The molecule has 0 radical (unpaired) electrons. The Kier molecular flexibility index (Phi) is 2.97. The first-order chi connectivity index (χ1) is 7.24. The second-order valence-electron chi connectivity index (χ2n) is 3.47. The fraction of sp³-hybridized carbons (Fsp3) is 0.273. The van der Waals surface area contributed by atoms with Crippen molar-refractivity contribution in [2.75, 3.05) is 0 Å². The molecule has 0 atom stereocenters. The Morgan fingerprint density at radius 1 is 1.47 bits per heavy atom. The largest absolute Gasteiger partial charge is 0.311 e. The van der Waals surface area contributed by atoms with E-state index in [0.717, 1.165) is 24.4 Å². The zero-order valence-electron chi connectivity index (χ0n) is 8.49. The van der Waals surface area contributed by atoms with Gasteiger partial charge in [0, 0.05) is 18.2 Å². The van der Waals surface area contributed by atoms with Crippen LogP contribution in [0.25, 0.3) is 0 Å². The van der Waals surface area contributed by atoms with Crippen LogP contribution in [0.15, 0.2) is 27.7 Å². The van der Waals surface area contributed by atoms with Gasteiger partial charge < -0.3 is 4.98 Å². The van der Waals surface area contributed by atoms with E-state index < -0.39 is 0 Å². The Bertz CT molecular complexity index is 488. The van der Waals surface area contributed by atoms with Crippen molar-refractivity contribution >= 4 is 11.3 Å². The summed E-state index contributed by atoms with van der Waals surface area (Å²) < 4.78 is 0. The zero-order valence-corrected chi connectivity index (χ0v) is 9.30. The first kappa shape index (κ1) is 10.1. The molecule has 0 aliphatic rings. The quantitative estimate of drug-likeness (QED) is 0.859. The van der Waals surface area contributed by atoms with Crippen molar-refractivity contribution in [1.82, 2.24) is 9.97 Å². The lowest BCUT2D eigenvalue weighted by Gasteiger charge is -2.00. The molecule has 0 aliphatic carbocycles. The molecule has 78 valence electrons. The highest BCUT2D eigenvalue weighted by molar-refractivity contribution is 7.07. The molecular formula is C11H12N2OS. The number of aromatic nitrogens is 2. The van der Waals surface area contributed by atoms with Crippen molar-refractivity contribution in [3.05, 3.63) is 50.3 Å². The van der Waals surface area contributed by atoms with Crippen molar-refractivity contribution in [3.63, 3.8) is 0 Å². The van der Waals surface area contributed by atoms with Gasteiger partial charge in [-0.1, -0.05) is 0 Å². The summed E-state index contributed by atoms with van der Waals surface area (Å²) >= 11 is 1.69. The lowest BCUT2D eigenvalue weighted by Crippen LogP contribution is -2.11. The van der Waals surface area contributed by atoms with E-state index in [0.29, 0.717) is 0 Å². The van der Waals surface area contributed by atoms with Gasteiger partial charge in [0.1, 0.15) is 5.82 Å². The Labute approximate surface area is 91.8 Å². The zero-order chi connectivity index (χ0) is 10.7. The maximum atomic E-state index is 11.2. The number of aryl methyl sites for hydroxylation is 3. The third kappa shape index (κ3) is 2.76. The van der Waals surface area contributed by atoms with Crippen LogP contribution in [0.4, 0.5) is 0 Å². The molecule has 2 heterocycles. The fourth-order valence-corrected chi connectivity index (χ4v) is 2.16. The van der Waals surface area contributed by atoms with Crippen molar-refractivity contribution in [1.29, 1.82) is 0 Å². The second-order valence-corrected chi connectivity index (χ2v) is 4.25. The smallest absolute Gasteiger partial charge is 0.251 e. The molecule has 3 nitrogen and oxygen atoms in total. The fourth-order valence-electron chi connectivity index (χ4n) is 1.46. The van der Waals surface area contributed by atoms with E-state index in [-0.39, 0.29) is 5.56 Å². The molecule has 0 aromatic carbocycles. The van der Waals surface area contributed by atoms with E-state index >= 15 is 0 Å². The van der Waals surface area contributed by atoms with Gasteiger partial charge in [-0.3, -0.25) is 4.79 Å². The molecule has 0 amide bonds. The molecule has 0 fully saturated rings. The van der Waals surface area contributed by atoms with E-state index in [1.54, 1.807) is 11.3 Å². The molecular weight excluding hydrogens is 208 g/mol. The average Bonchev–Trinajstić information content (AvgIpc) is 2.65. The van der Waals surface area contributed by atoms with Crippen LogP contribution in [-0.2, 0) is 12.8 Å². The highest BCUT2D eigenvalue weighted by Crippen LogP contribution is 2.08. The van der Waals surface area contributed by atoms with Crippen molar-refractivity contribution in [3.8, 4) is 0 Å². The maximum Gasteiger partial charge on any atom is 0.251 e. The van der Waals surface area contributed by atoms with Gasteiger partial charge in [-0.05, 0) is 35.7 Å². The normalized spacial score (nSPS) is 10.5. The highest BCUT2D eigenvalue weighted by atomic mass is 32.1. The van der Waals surface area contributed by atoms with Crippen LogP contribution in [0.5, 0.6) is 0 Å². The number of nitrogens with zero attached hydrogens (tertiary/aromatic N) is 1. The van der Waals surface area contributed by atoms with E-state index in [1.165, 1.54) is 11.6 Å². The van der Waals surface area contributed by atoms with Gasteiger partial charge >= 0.3 is 0 Å². The molecule has 1 N–H and O–H groups in total. The predicted molar refractivity (Wildman–Crippen MR) is 61.3 cm³/mol.